The molecule has 0 saturated heterocycles. The highest BCUT2D eigenvalue weighted by atomic mass is 32.2. The van der Waals surface area contributed by atoms with Gasteiger partial charge < -0.3 is 4.74 Å². The molecule has 4 heteroatoms. The normalized spacial score (nSPS) is 16.5. The number of fused-ring (bicyclic) bond motifs is 4. The minimum Gasteiger partial charge on any atom is -0.457 e. The van der Waals surface area contributed by atoms with Crippen LogP contribution in [0.4, 0.5) is 0 Å². The molecule has 1 aliphatic heterocycles. The first-order valence-electron chi connectivity index (χ1n) is 14.1. The van der Waals surface area contributed by atoms with Crippen LogP contribution in [0.1, 0.15) is 72.6 Å². The SMILES string of the molecule is CC1(C)c2ccc(C3c4ccccc4C(C)(C)c4ccccc43)cc2Oc2cc(S(=O)(=O)c3ccccc3)ccc21. The molecule has 5 aromatic carbocycles. The Balaban J connectivity index is 1.36. The minimum absolute atomic E-state index is 0.0682. The molecule has 0 amide bonds. The van der Waals surface area contributed by atoms with E-state index in [1.165, 1.54) is 22.3 Å². The maximum atomic E-state index is 13.4. The molecule has 3 nitrogen and oxygen atoms in total. The molecule has 0 bridgehead atoms. The Hall–Kier alpha value is -4.15. The molecule has 0 atom stereocenters. The summed E-state index contributed by atoms with van der Waals surface area (Å²) in [6, 6.07) is 37.9. The maximum Gasteiger partial charge on any atom is 0.206 e. The third-order valence-corrected chi connectivity index (χ3v) is 10.9. The van der Waals surface area contributed by atoms with Crippen LogP contribution in [0.2, 0.25) is 0 Å². The standard InChI is InChI=1S/C37H32O3S/c1-36(2)29-16-10-8-14-27(29)35(28-15-9-11-17-30(28)36)24-18-20-31-33(22-24)40-34-23-26(19-21-32(34)37(31,3)4)41(38,39)25-12-6-5-7-13-25/h5-23,35H,1-4H3. The van der Waals surface area contributed by atoms with E-state index in [0.717, 1.165) is 22.4 Å². The Labute approximate surface area is 242 Å². The van der Waals surface area contributed by atoms with Crippen LogP contribution in [0.25, 0.3) is 0 Å². The zero-order valence-corrected chi connectivity index (χ0v) is 24.5. The quantitative estimate of drug-likeness (QED) is 0.223. The predicted octanol–water partition coefficient (Wildman–Crippen LogP) is 8.77. The Morgan fingerprint density at radius 2 is 1.05 bits per heavy atom. The van der Waals surface area contributed by atoms with Crippen LogP contribution in [-0.2, 0) is 20.7 Å². The molecule has 204 valence electrons. The van der Waals surface area contributed by atoms with Crippen molar-refractivity contribution in [1.82, 2.24) is 0 Å². The van der Waals surface area contributed by atoms with E-state index in [0.29, 0.717) is 5.75 Å². The van der Waals surface area contributed by atoms with Gasteiger partial charge in [-0.1, -0.05) is 113 Å². The average molecular weight is 557 g/mol. The molecular weight excluding hydrogens is 524 g/mol. The van der Waals surface area contributed by atoms with E-state index in [-0.39, 0.29) is 26.5 Å². The molecule has 7 rings (SSSR count). The lowest BCUT2D eigenvalue weighted by atomic mass is 9.63. The molecule has 2 aliphatic rings. The first-order chi connectivity index (χ1) is 19.6. The first-order valence-corrected chi connectivity index (χ1v) is 15.5. The summed E-state index contributed by atoms with van der Waals surface area (Å²) in [6.07, 6.45) is 0. The van der Waals surface area contributed by atoms with Crippen LogP contribution in [0.3, 0.4) is 0 Å². The zero-order valence-electron chi connectivity index (χ0n) is 23.7. The summed E-state index contributed by atoms with van der Waals surface area (Å²) in [7, 11) is -3.67. The van der Waals surface area contributed by atoms with Crippen molar-refractivity contribution < 1.29 is 13.2 Å². The molecule has 0 fully saturated rings. The summed E-state index contributed by atoms with van der Waals surface area (Å²) in [5.74, 6) is 1.43. The van der Waals surface area contributed by atoms with E-state index in [2.05, 4.69) is 94.4 Å². The molecule has 0 saturated carbocycles. The molecule has 0 unspecified atom stereocenters. The lowest BCUT2D eigenvalue weighted by molar-refractivity contribution is 0.415. The highest BCUT2D eigenvalue weighted by molar-refractivity contribution is 7.91. The van der Waals surface area contributed by atoms with Crippen molar-refractivity contribution in [2.45, 2.75) is 54.2 Å². The van der Waals surface area contributed by atoms with Gasteiger partial charge in [0.1, 0.15) is 11.5 Å². The fourth-order valence-corrected chi connectivity index (χ4v) is 8.19. The fraction of sp³-hybridized carbons (Fsp3) is 0.189. The van der Waals surface area contributed by atoms with Gasteiger partial charge in [0, 0.05) is 33.9 Å². The predicted molar refractivity (Wildman–Crippen MR) is 163 cm³/mol. The van der Waals surface area contributed by atoms with Gasteiger partial charge in [-0.15, -0.1) is 0 Å². The molecule has 5 aromatic rings. The molecule has 0 N–H and O–H groups in total. The number of ether oxygens (including phenoxy) is 1. The van der Waals surface area contributed by atoms with E-state index in [9.17, 15) is 8.42 Å². The maximum absolute atomic E-state index is 13.4. The van der Waals surface area contributed by atoms with E-state index >= 15 is 0 Å². The largest absolute Gasteiger partial charge is 0.457 e. The van der Waals surface area contributed by atoms with Crippen LogP contribution < -0.4 is 4.74 Å². The lowest BCUT2D eigenvalue weighted by Gasteiger charge is -2.40. The van der Waals surface area contributed by atoms with Gasteiger partial charge in [0.15, 0.2) is 0 Å². The van der Waals surface area contributed by atoms with Gasteiger partial charge in [-0.25, -0.2) is 8.42 Å². The summed E-state index contributed by atoms with van der Waals surface area (Å²) in [5, 5.41) is 0. The Kier molecular flexibility index (Phi) is 5.61. The molecular formula is C37H32O3S. The van der Waals surface area contributed by atoms with Gasteiger partial charge in [-0.2, -0.15) is 0 Å². The Morgan fingerprint density at radius 1 is 0.537 bits per heavy atom. The van der Waals surface area contributed by atoms with E-state index < -0.39 is 9.84 Å². The first kappa shape index (κ1) is 25.8. The topological polar surface area (TPSA) is 43.4 Å². The van der Waals surface area contributed by atoms with Crippen LogP contribution in [0, 0.1) is 0 Å². The molecule has 0 aromatic heterocycles. The molecule has 1 aliphatic carbocycles. The van der Waals surface area contributed by atoms with Crippen molar-refractivity contribution in [2.75, 3.05) is 0 Å². The van der Waals surface area contributed by atoms with Crippen LogP contribution >= 0.6 is 0 Å². The monoisotopic (exact) mass is 556 g/mol. The Morgan fingerprint density at radius 3 is 1.68 bits per heavy atom. The third kappa shape index (κ3) is 3.81. The summed E-state index contributed by atoms with van der Waals surface area (Å²) < 4.78 is 33.4. The number of sulfone groups is 1. The number of rotatable bonds is 3. The van der Waals surface area contributed by atoms with Crippen molar-refractivity contribution in [3.63, 3.8) is 0 Å². The van der Waals surface area contributed by atoms with Crippen molar-refractivity contribution in [3.8, 4) is 11.5 Å². The summed E-state index contributed by atoms with van der Waals surface area (Å²) in [6.45, 7) is 8.95. The Bertz CT molecular complexity index is 1890. The highest BCUT2D eigenvalue weighted by Gasteiger charge is 2.39. The minimum atomic E-state index is -3.67. The zero-order chi connectivity index (χ0) is 28.6. The van der Waals surface area contributed by atoms with Gasteiger partial charge in [0.25, 0.3) is 0 Å². The fourth-order valence-electron chi connectivity index (χ4n) is 6.90. The second-order valence-electron chi connectivity index (χ2n) is 12.2. The van der Waals surface area contributed by atoms with Crippen LogP contribution in [-0.4, -0.2) is 8.42 Å². The molecule has 0 radical (unpaired) electrons. The summed E-state index contributed by atoms with van der Waals surface area (Å²) in [4.78, 5) is 0.505. The lowest BCUT2D eigenvalue weighted by Crippen LogP contribution is -2.30. The second kappa shape index (κ2) is 8.92. The van der Waals surface area contributed by atoms with E-state index in [1.807, 2.05) is 12.1 Å². The van der Waals surface area contributed by atoms with Gasteiger partial charge in [0.2, 0.25) is 9.84 Å². The van der Waals surface area contributed by atoms with Crippen molar-refractivity contribution in [1.29, 1.82) is 0 Å². The van der Waals surface area contributed by atoms with Crippen LogP contribution in [0.5, 0.6) is 11.5 Å². The van der Waals surface area contributed by atoms with Crippen LogP contribution in [0.15, 0.2) is 125 Å². The number of hydrogen-bond donors (Lipinski definition) is 0. The van der Waals surface area contributed by atoms with Gasteiger partial charge in [-0.05, 0) is 52.1 Å². The molecule has 41 heavy (non-hydrogen) atoms. The molecule has 0 spiro atoms. The van der Waals surface area contributed by atoms with E-state index in [1.54, 1.807) is 36.4 Å². The molecule has 1 heterocycles. The number of hydrogen-bond acceptors (Lipinski definition) is 3. The summed E-state index contributed by atoms with van der Waals surface area (Å²) >= 11 is 0. The van der Waals surface area contributed by atoms with Crippen molar-refractivity contribution in [2.24, 2.45) is 0 Å². The van der Waals surface area contributed by atoms with Crippen molar-refractivity contribution in [3.05, 3.63) is 154 Å². The summed E-state index contributed by atoms with van der Waals surface area (Å²) in [5.41, 5.74) is 8.05. The average Bonchev–Trinajstić information content (AvgIpc) is 2.97. The smallest absolute Gasteiger partial charge is 0.206 e. The number of benzene rings is 5. The van der Waals surface area contributed by atoms with Gasteiger partial charge >= 0.3 is 0 Å². The van der Waals surface area contributed by atoms with Gasteiger partial charge in [-0.3, -0.25) is 0 Å². The highest BCUT2D eigenvalue weighted by Crippen LogP contribution is 2.52. The third-order valence-electron chi connectivity index (χ3n) is 9.11. The second-order valence-corrected chi connectivity index (χ2v) is 14.1. The van der Waals surface area contributed by atoms with Crippen molar-refractivity contribution >= 4 is 9.84 Å². The van der Waals surface area contributed by atoms with E-state index in [4.69, 9.17) is 4.74 Å². The van der Waals surface area contributed by atoms with Gasteiger partial charge in [0.05, 0.1) is 9.79 Å².